The van der Waals surface area contributed by atoms with Gasteiger partial charge in [0.15, 0.2) is 6.10 Å². The van der Waals surface area contributed by atoms with Crippen LogP contribution in [0.1, 0.15) is 27.7 Å². The third-order valence-electron chi connectivity index (χ3n) is 3.19. The molecule has 0 heterocycles. The van der Waals surface area contributed by atoms with Crippen LogP contribution in [0.3, 0.4) is 0 Å². The first-order chi connectivity index (χ1) is 12.8. The van der Waals surface area contributed by atoms with E-state index in [-0.39, 0.29) is 20.8 Å². The van der Waals surface area contributed by atoms with Crippen molar-refractivity contribution in [2.75, 3.05) is 19.6 Å². The molecule has 4 atom stereocenters. The van der Waals surface area contributed by atoms with Crippen molar-refractivity contribution in [1.29, 1.82) is 0 Å². The van der Waals surface area contributed by atoms with Gasteiger partial charge in [0.1, 0.15) is 5.75 Å². The third kappa shape index (κ3) is 11.9. The van der Waals surface area contributed by atoms with Gasteiger partial charge in [0.2, 0.25) is 0 Å². The molecule has 0 radical (unpaired) electrons. The average Bonchev–Trinajstić information content (AvgIpc) is 2.51. The summed E-state index contributed by atoms with van der Waals surface area (Å²) in [5.41, 5.74) is 0. The van der Waals surface area contributed by atoms with E-state index in [0.29, 0.717) is 19.6 Å². The zero-order valence-corrected chi connectivity index (χ0v) is 18.5. The average molecular weight is 461 g/mol. The number of benzene rings is 1. The van der Waals surface area contributed by atoms with Gasteiger partial charge >= 0.3 is 5.97 Å². The topological polar surface area (TPSA) is 110 Å². The number of carboxylic acid groups (broad SMARTS) is 1. The summed E-state index contributed by atoms with van der Waals surface area (Å²) in [5.74, 6) is -0.891. The quantitative estimate of drug-likeness (QED) is 0.419. The number of carbonyl (C=O) groups is 1. The number of nitrogens with zero attached hydrogens (tertiary/aromatic N) is 1. The predicted octanol–water partition coefficient (Wildman–Crippen LogP) is 2.93. The highest BCUT2D eigenvalue weighted by Gasteiger charge is 2.16. The van der Waals surface area contributed by atoms with Crippen LogP contribution in [-0.4, -0.2) is 75.3 Å². The Bertz CT molecular complexity index is 589. The van der Waals surface area contributed by atoms with Crippen LogP contribution in [0.25, 0.3) is 0 Å². The summed E-state index contributed by atoms with van der Waals surface area (Å²) in [6, 6.07) is 2.78. The van der Waals surface area contributed by atoms with Crippen molar-refractivity contribution in [2.24, 2.45) is 0 Å². The fourth-order valence-electron chi connectivity index (χ4n) is 2.18. The minimum atomic E-state index is -1.09. The first-order valence-electron chi connectivity index (χ1n) is 8.64. The van der Waals surface area contributed by atoms with Crippen LogP contribution in [0.4, 0.5) is 0 Å². The predicted molar refractivity (Wildman–Crippen MR) is 111 cm³/mol. The molecule has 162 valence electrons. The van der Waals surface area contributed by atoms with Crippen molar-refractivity contribution in [2.45, 2.75) is 52.1 Å². The molecule has 0 saturated heterocycles. The van der Waals surface area contributed by atoms with Crippen LogP contribution in [0.15, 0.2) is 12.1 Å². The first kappa shape index (κ1) is 27.2. The second-order valence-electron chi connectivity index (χ2n) is 6.56. The summed E-state index contributed by atoms with van der Waals surface area (Å²) >= 11 is 17.2. The van der Waals surface area contributed by atoms with Crippen molar-refractivity contribution < 1.29 is 30.0 Å². The third-order valence-corrected chi connectivity index (χ3v) is 4.21. The molecule has 10 heteroatoms. The highest BCUT2D eigenvalue weighted by Crippen LogP contribution is 2.34. The van der Waals surface area contributed by atoms with Crippen LogP contribution >= 0.6 is 34.8 Å². The maximum atomic E-state index is 10.5. The van der Waals surface area contributed by atoms with E-state index in [1.807, 2.05) is 4.90 Å². The molecule has 0 spiro atoms. The molecule has 0 amide bonds. The molecule has 0 aliphatic heterocycles. The maximum absolute atomic E-state index is 10.5. The van der Waals surface area contributed by atoms with Crippen molar-refractivity contribution in [3.8, 4) is 5.75 Å². The maximum Gasteiger partial charge on any atom is 0.344 e. The largest absolute Gasteiger partial charge is 0.479 e. The van der Waals surface area contributed by atoms with E-state index < -0.39 is 30.4 Å². The number of rotatable bonds is 9. The number of aliphatic hydroxyl groups excluding tert-OH is 3. The van der Waals surface area contributed by atoms with Gasteiger partial charge in [-0.15, -0.1) is 0 Å². The van der Waals surface area contributed by atoms with Crippen LogP contribution in [-0.2, 0) is 4.79 Å². The van der Waals surface area contributed by atoms with Crippen molar-refractivity contribution in [3.63, 3.8) is 0 Å². The molecule has 0 saturated carbocycles. The van der Waals surface area contributed by atoms with Gasteiger partial charge in [0, 0.05) is 25.7 Å². The van der Waals surface area contributed by atoms with Crippen LogP contribution in [0.5, 0.6) is 5.75 Å². The normalized spacial score (nSPS) is 15.2. The molecular formula is C18H28Cl3NO6. The molecule has 28 heavy (non-hydrogen) atoms. The van der Waals surface area contributed by atoms with E-state index >= 15 is 0 Å². The van der Waals surface area contributed by atoms with E-state index in [1.54, 1.807) is 20.8 Å². The lowest BCUT2D eigenvalue weighted by atomic mass is 10.2. The Morgan fingerprint density at radius 3 is 1.64 bits per heavy atom. The summed E-state index contributed by atoms with van der Waals surface area (Å²) in [6.07, 6.45) is -2.30. The number of aliphatic carboxylic acids is 1. The number of aliphatic hydroxyl groups is 3. The molecular weight excluding hydrogens is 433 g/mol. The van der Waals surface area contributed by atoms with Gasteiger partial charge in [-0.3, -0.25) is 4.90 Å². The smallest absolute Gasteiger partial charge is 0.344 e. The Morgan fingerprint density at radius 1 is 0.893 bits per heavy atom. The van der Waals surface area contributed by atoms with Gasteiger partial charge in [-0.25, -0.2) is 4.79 Å². The molecule has 0 aromatic heterocycles. The first-order valence-corrected chi connectivity index (χ1v) is 9.77. The molecule has 4 unspecified atom stereocenters. The Labute approximate surface area is 180 Å². The van der Waals surface area contributed by atoms with Gasteiger partial charge in [-0.1, -0.05) is 34.8 Å². The lowest BCUT2D eigenvalue weighted by molar-refractivity contribution is -0.144. The number of hydrogen-bond acceptors (Lipinski definition) is 6. The Kier molecular flexibility index (Phi) is 13.0. The SMILES string of the molecule is CC(O)CN(CC(C)O)CC(C)O.CC(Oc1cc(Cl)c(Cl)cc1Cl)C(=O)O. The Balaban J connectivity index is 0.000000528. The van der Waals surface area contributed by atoms with Gasteiger partial charge < -0.3 is 25.2 Å². The number of ether oxygens (including phenoxy) is 1. The Morgan fingerprint density at radius 2 is 1.29 bits per heavy atom. The van der Waals surface area contributed by atoms with Crippen LogP contribution in [0.2, 0.25) is 15.1 Å². The Hall–Kier alpha value is -0.800. The zero-order chi connectivity index (χ0) is 22.0. The van der Waals surface area contributed by atoms with Gasteiger partial charge in [-0.2, -0.15) is 0 Å². The fourth-order valence-corrected chi connectivity index (χ4v) is 2.76. The number of hydrogen-bond donors (Lipinski definition) is 4. The van der Waals surface area contributed by atoms with Crippen molar-refractivity contribution in [3.05, 3.63) is 27.2 Å². The number of carboxylic acids is 1. The van der Waals surface area contributed by atoms with E-state index in [2.05, 4.69) is 0 Å². The van der Waals surface area contributed by atoms with Crippen LogP contribution < -0.4 is 4.74 Å². The van der Waals surface area contributed by atoms with E-state index in [9.17, 15) is 4.79 Å². The van der Waals surface area contributed by atoms with E-state index in [1.165, 1.54) is 19.1 Å². The van der Waals surface area contributed by atoms with Crippen molar-refractivity contribution in [1.82, 2.24) is 4.90 Å². The molecule has 4 N–H and O–H groups in total. The van der Waals surface area contributed by atoms with Gasteiger partial charge in [0.25, 0.3) is 0 Å². The second-order valence-corrected chi connectivity index (χ2v) is 7.78. The summed E-state index contributed by atoms with van der Waals surface area (Å²) in [7, 11) is 0. The molecule has 0 aliphatic carbocycles. The molecule has 1 rings (SSSR count). The summed E-state index contributed by atoms with van der Waals surface area (Å²) in [5, 5.41) is 36.8. The van der Waals surface area contributed by atoms with Crippen molar-refractivity contribution >= 4 is 40.8 Å². The summed E-state index contributed by atoms with van der Waals surface area (Å²) < 4.78 is 5.07. The molecule has 1 aromatic rings. The minimum Gasteiger partial charge on any atom is -0.479 e. The molecule has 0 bridgehead atoms. The minimum absolute atomic E-state index is 0.195. The highest BCUT2D eigenvalue weighted by molar-refractivity contribution is 6.43. The lowest BCUT2D eigenvalue weighted by Gasteiger charge is -2.25. The number of halogens is 3. The molecule has 1 aromatic carbocycles. The second kappa shape index (κ2) is 13.4. The van der Waals surface area contributed by atoms with Gasteiger partial charge in [0.05, 0.1) is 33.4 Å². The lowest BCUT2D eigenvalue weighted by Crippen LogP contribution is -2.40. The summed E-state index contributed by atoms with van der Waals surface area (Å²) in [6.45, 7) is 7.91. The fraction of sp³-hybridized carbons (Fsp3) is 0.611. The summed E-state index contributed by atoms with van der Waals surface area (Å²) in [4.78, 5) is 12.4. The standard InChI is InChI=1S/C9H7Cl3O3.C9H21NO3/c1-4(9(13)14)15-8-3-6(11)5(10)2-7(8)12;1-7(11)4-10(5-8(2)12)6-9(3)13/h2-4H,1H3,(H,13,14);7-9,11-13H,4-6H2,1-3H3. The molecule has 0 aliphatic rings. The van der Waals surface area contributed by atoms with E-state index in [4.69, 9.17) is 60.0 Å². The molecule has 0 fully saturated rings. The zero-order valence-electron chi connectivity index (χ0n) is 16.3. The highest BCUT2D eigenvalue weighted by atomic mass is 35.5. The monoisotopic (exact) mass is 459 g/mol. The van der Waals surface area contributed by atoms with E-state index in [0.717, 1.165) is 0 Å². The van der Waals surface area contributed by atoms with Crippen LogP contribution in [0, 0.1) is 0 Å². The molecule has 7 nitrogen and oxygen atoms in total. The van der Waals surface area contributed by atoms with Gasteiger partial charge in [-0.05, 0) is 33.8 Å².